The van der Waals surface area contributed by atoms with Crippen LogP contribution in [0.15, 0.2) is 152 Å². The number of carbonyl (C=O) groups excluding carboxylic acids is 1. The summed E-state index contributed by atoms with van der Waals surface area (Å²) in [7, 11) is 1.60. The van der Waals surface area contributed by atoms with Crippen LogP contribution in [0.1, 0.15) is 47.5 Å². The molecule has 1 aliphatic carbocycles. The van der Waals surface area contributed by atoms with Crippen LogP contribution in [0.25, 0.3) is 0 Å². The predicted octanol–water partition coefficient (Wildman–Crippen LogP) is 8.15. The van der Waals surface area contributed by atoms with Crippen LogP contribution < -0.4 is 0 Å². The second-order valence-electron chi connectivity index (χ2n) is 15.9. The van der Waals surface area contributed by atoms with E-state index in [-0.39, 0.29) is 32.3 Å². The van der Waals surface area contributed by atoms with Crippen molar-refractivity contribution in [3.8, 4) is 0 Å². The second-order valence-corrected chi connectivity index (χ2v) is 15.9. The average molecular weight is 845 g/mol. The van der Waals surface area contributed by atoms with E-state index in [0.717, 1.165) is 27.8 Å². The second kappa shape index (κ2) is 22.0. The Morgan fingerprint density at radius 3 is 1.61 bits per heavy atom. The van der Waals surface area contributed by atoms with E-state index in [1.165, 1.54) is 6.92 Å². The summed E-state index contributed by atoms with van der Waals surface area (Å²) in [6.45, 7) is 3.07. The van der Waals surface area contributed by atoms with E-state index in [1.54, 1.807) is 7.11 Å². The molecule has 2 aliphatic heterocycles. The van der Waals surface area contributed by atoms with Crippen LogP contribution in [0.3, 0.4) is 0 Å². The lowest BCUT2D eigenvalue weighted by atomic mass is 9.79. The number of esters is 1. The molecule has 0 N–H and O–H groups in total. The highest BCUT2D eigenvalue weighted by atomic mass is 16.7. The molecule has 5 aromatic carbocycles. The molecule has 2 heterocycles. The van der Waals surface area contributed by atoms with Gasteiger partial charge in [-0.2, -0.15) is 0 Å². The van der Waals surface area contributed by atoms with Gasteiger partial charge in [-0.15, -0.1) is 0 Å². The Morgan fingerprint density at radius 2 is 1.08 bits per heavy atom. The van der Waals surface area contributed by atoms with Gasteiger partial charge in [-0.3, -0.25) is 4.79 Å². The van der Waals surface area contributed by atoms with Gasteiger partial charge in [0.2, 0.25) is 0 Å². The lowest BCUT2D eigenvalue weighted by molar-refractivity contribution is -0.342. The van der Waals surface area contributed by atoms with Crippen molar-refractivity contribution in [2.45, 2.75) is 101 Å². The van der Waals surface area contributed by atoms with Crippen molar-refractivity contribution in [2.75, 3.05) is 20.3 Å². The summed E-state index contributed by atoms with van der Waals surface area (Å²) in [5, 5.41) is 0. The van der Waals surface area contributed by atoms with Crippen molar-refractivity contribution in [1.82, 2.24) is 0 Å². The highest BCUT2D eigenvalue weighted by Crippen LogP contribution is 2.42. The molecular formula is C51H56O11. The molecule has 11 heteroatoms. The zero-order valence-electron chi connectivity index (χ0n) is 35.2. The minimum Gasteiger partial charge on any atom is -0.457 e. The molecule has 8 rings (SSSR count). The predicted molar refractivity (Wildman–Crippen MR) is 229 cm³/mol. The lowest BCUT2D eigenvalue weighted by Crippen LogP contribution is -2.65. The first-order chi connectivity index (χ1) is 30.5. The molecule has 0 unspecified atom stereocenters. The molecule has 1 saturated carbocycles. The van der Waals surface area contributed by atoms with Gasteiger partial charge in [0.25, 0.3) is 0 Å². The van der Waals surface area contributed by atoms with E-state index >= 15 is 0 Å². The Morgan fingerprint density at radius 1 is 0.581 bits per heavy atom. The summed E-state index contributed by atoms with van der Waals surface area (Å²) in [5.74, 6) is -0.643. The molecule has 0 aromatic heterocycles. The molecule has 3 fully saturated rings. The highest BCUT2D eigenvalue weighted by Gasteiger charge is 2.55. The van der Waals surface area contributed by atoms with Gasteiger partial charge in [0.1, 0.15) is 30.5 Å². The number of methoxy groups -OCH3 is 1. The van der Waals surface area contributed by atoms with Gasteiger partial charge in [0.15, 0.2) is 18.7 Å². The summed E-state index contributed by atoms with van der Waals surface area (Å²) in [6.07, 6.45) is -6.78. The smallest absolute Gasteiger partial charge is 0.303 e. The molecule has 0 amide bonds. The highest BCUT2D eigenvalue weighted by molar-refractivity contribution is 5.66. The molecule has 5 aromatic rings. The zero-order chi connectivity index (χ0) is 42.5. The van der Waals surface area contributed by atoms with E-state index < -0.39 is 67.4 Å². The molecule has 11 nitrogen and oxygen atoms in total. The maximum absolute atomic E-state index is 13.1. The standard InChI is InChI=1S/C51H56O11/c1-35(52)59-45-42(28-41-33-58-50(40-26-16-7-17-27-40)62-44(41)47(45)55-30-37-20-10-4-11-21-37)60-46-43(34-54-29-36-18-8-3-9-19-36)61-51(53-2)49(57-32-39-24-14-6-15-25-39)48(46)56-31-38-22-12-5-13-23-38/h3-27,41-51H,28-34H2,1-2H3/t41-,42+,43-,44-,45+,46-,47+,48+,49-,50-,51+/m1/s1. The van der Waals surface area contributed by atoms with E-state index in [2.05, 4.69) is 0 Å². The van der Waals surface area contributed by atoms with Crippen molar-refractivity contribution in [3.63, 3.8) is 0 Å². The fourth-order valence-corrected chi connectivity index (χ4v) is 8.52. The van der Waals surface area contributed by atoms with Crippen LogP contribution in [-0.4, -0.2) is 81.4 Å². The molecule has 11 atom stereocenters. The first-order valence-corrected chi connectivity index (χ1v) is 21.4. The van der Waals surface area contributed by atoms with E-state index in [0.29, 0.717) is 19.6 Å². The number of fused-ring (bicyclic) bond motifs is 1. The fourth-order valence-electron chi connectivity index (χ4n) is 8.52. The van der Waals surface area contributed by atoms with Crippen LogP contribution in [-0.2, 0) is 78.6 Å². The lowest BCUT2D eigenvalue weighted by Gasteiger charge is -2.51. The third-order valence-corrected chi connectivity index (χ3v) is 11.5. The Hall–Kier alpha value is -4.79. The van der Waals surface area contributed by atoms with Gasteiger partial charge in [0, 0.05) is 25.5 Å². The number of ether oxygens (including phenoxy) is 10. The number of rotatable bonds is 18. The van der Waals surface area contributed by atoms with Crippen LogP contribution in [0.5, 0.6) is 0 Å². The Labute approximate surface area is 364 Å². The van der Waals surface area contributed by atoms with Crippen LogP contribution in [0, 0.1) is 5.92 Å². The summed E-state index contributed by atoms with van der Waals surface area (Å²) in [4.78, 5) is 13.1. The quantitative estimate of drug-likeness (QED) is 0.0798. The number of carbonyl (C=O) groups is 1. The van der Waals surface area contributed by atoms with Gasteiger partial charge >= 0.3 is 5.97 Å². The third kappa shape index (κ3) is 11.4. The van der Waals surface area contributed by atoms with E-state index in [9.17, 15) is 4.79 Å². The molecule has 3 aliphatic rings. The van der Waals surface area contributed by atoms with Gasteiger partial charge in [-0.05, 0) is 28.7 Å². The largest absolute Gasteiger partial charge is 0.457 e. The summed E-state index contributed by atoms with van der Waals surface area (Å²) in [6, 6.07) is 49.6. The number of hydrogen-bond acceptors (Lipinski definition) is 11. The summed E-state index contributed by atoms with van der Waals surface area (Å²) >= 11 is 0. The van der Waals surface area contributed by atoms with Crippen LogP contribution in [0.2, 0.25) is 0 Å². The first kappa shape index (κ1) is 43.8. The first-order valence-electron chi connectivity index (χ1n) is 21.4. The molecule has 2 saturated heterocycles. The molecule has 326 valence electrons. The monoisotopic (exact) mass is 844 g/mol. The number of hydrogen-bond donors (Lipinski definition) is 0. The maximum Gasteiger partial charge on any atom is 0.303 e. The topological polar surface area (TPSA) is 109 Å². The summed E-state index contributed by atoms with van der Waals surface area (Å²) < 4.78 is 66.4. The fraction of sp³-hybridized carbons (Fsp3) is 0.392. The van der Waals surface area contributed by atoms with Gasteiger partial charge in [-0.1, -0.05) is 152 Å². The molecule has 0 radical (unpaired) electrons. The summed E-state index contributed by atoms with van der Waals surface area (Å²) in [5.41, 5.74) is 4.83. The normalized spacial score (nSPS) is 28.5. The SMILES string of the molecule is CO[C@H]1O[C@H](COCc2ccccc2)[C@@H](O[C@H]2C[C@@H]3CO[C@@H](c4ccccc4)O[C@H]3[C@H](OCc3ccccc3)[C@H]2OC(C)=O)[C@H](OCc2ccccc2)[C@H]1OCc1ccccc1. The van der Waals surface area contributed by atoms with Crippen LogP contribution >= 0.6 is 0 Å². The molecule has 62 heavy (non-hydrogen) atoms. The van der Waals surface area contributed by atoms with Crippen molar-refractivity contribution in [3.05, 3.63) is 179 Å². The molecule has 0 spiro atoms. The number of benzene rings is 5. The zero-order valence-corrected chi connectivity index (χ0v) is 35.2. The van der Waals surface area contributed by atoms with Crippen molar-refractivity contribution < 1.29 is 52.2 Å². The van der Waals surface area contributed by atoms with Crippen LogP contribution in [0.4, 0.5) is 0 Å². The van der Waals surface area contributed by atoms with Gasteiger partial charge in [0.05, 0.1) is 51.8 Å². The van der Waals surface area contributed by atoms with E-state index in [4.69, 9.17) is 47.4 Å². The Balaban J connectivity index is 1.14. The van der Waals surface area contributed by atoms with E-state index in [1.807, 2.05) is 152 Å². The van der Waals surface area contributed by atoms with Crippen molar-refractivity contribution in [1.29, 1.82) is 0 Å². The minimum atomic E-state index is -0.878. The average Bonchev–Trinajstić information content (AvgIpc) is 3.32. The van der Waals surface area contributed by atoms with Gasteiger partial charge < -0.3 is 47.4 Å². The molecule has 0 bridgehead atoms. The maximum atomic E-state index is 13.1. The molecular weight excluding hydrogens is 789 g/mol. The van der Waals surface area contributed by atoms with Gasteiger partial charge in [-0.25, -0.2) is 0 Å². The third-order valence-electron chi connectivity index (χ3n) is 11.5. The minimum absolute atomic E-state index is 0.145. The Kier molecular flexibility index (Phi) is 15.6. The van der Waals surface area contributed by atoms with Crippen molar-refractivity contribution >= 4 is 5.97 Å². The van der Waals surface area contributed by atoms with Crippen molar-refractivity contribution in [2.24, 2.45) is 5.92 Å². The Bertz CT molecular complexity index is 2060.